The maximum absolute atomic E-state index is 6.48. The summed E-state index contributed by atoms with van der Waals surface area (Å²) in [7, 11) is 0. The topological polar surface area (TPSA) is 29.3 Å². The number of hydrogen-bond acceptors (Lipinski definition) is 2. The predicted octanol–water partition coefficient (Wildman–Crippen LogP) is 3.51. The van der Waals surface area contributed by atoms with Crippen molar-refractivity contribution in [3.8, 4) is 0 Å². The molecule has 1 aliphatic heterocycles. The summed E-state index contributed by atoms with van der Waals surface area (Å²) in [4.78, 5) is 2.59. The van der Waals surface area contributed by atoms with Gasteiger partial charge in [0.2, 0.25) is 0 Å². The molecule has 0 saturated carbocycles. The summed E-state index contributed by atoms with van der Waals surface area (Å²) in [5.41, 5.74) is 9.13. The van der Waals surface area contributed by atoms with Gasteiger partial charge in [0.1, 0.15) is 0 Å². The van der Waals surface area contributed by atoms with Crippen molar-refractivity contribution in [1.29, 1.82) is 0 Å². The maximum Gasteiger partial charge on any atom is 0.0450 e. The Kier molecular flexibility index (Phi) is 5.00. The van der Waals surface area contributed by atoms with Gasteiger partial charge in [0, 0.05) is 18.1 Å². The molecule has 0 spiro atoms. The van der Waals surface area contributed by atoms with E-state index in [9.17, 15) is 0 Å². The molecule has 0 radical (unpaired) electrons. The van der Waals surface area contributed by atoms with E-state index in [1.165, 1.54) is 36.9 Å². The van der Waals surface area contributed by atoms with Crippen molar-refractivity contribution in [3.63, 3.8) is 0 Å². The Morgan fingerprint density at radius 2 is 1.95 bits per heavy atom. The zero-order valence-corrected chi connectivity index (χ0v) is 12.6. The van der Waals surface area contributed by atoms with Crippen LogP contribution in [-0.2, 0) is 6.42 Å². The molecule has 0 bridgehead atoms. The van der Waals surface area contributed by atoms with Crippen LogP contribution in [0.1, 0.15) is 57.2 Å². The van der Waals surface area contributed by atoms with Crippen LogP contribution in [0.4, 0.5) is 0 Å². The third-order valence-electron chi connectivity index (χ3n) is 4.67. The standard InChI is InChI=1S/C17H28N2/c1-4-15-8-10-16(11-9-15)17(18)14(3)19-12-6-5-7-13(19)2/h8-11,13-14,17H,4-7,12,18H2,1-3H3. The third kappa shape index (κ3) is 3.37. The van der Waals surface area contributed by atoms with Crippen molar-refractivity contribution < 1.29 is 0 Å². The lowest BCUT2D eigenvalue weighted by Crippen LogP contribution is -2.48. The van der Waals surface area contributed by atoms with E-state index in [1.807, 2.05) is 0 Å². The van der Waals surface area contributed by atoms with Crippen LogP contribution in [0.15, 0.2) is 24.3 Å². The molecule has 3 unspecified atom stereocenters. The van der Waals surface area contributed by atoms with E-state index in [0.29, 0.717) is 12.1 Å². The Morgan fingerprint density at radius 3 is 2.53 bits per heavy atom. The fraction of sp³-hybridized carbons (Fsp3) is 0.647. The second kappa shape index (κ2) is 6.53. The first-order valence-corrected chi connectivity index (χ1v) is 7.73. The molecule has 0 aromatic heterocycles. The van der Waals surface area contributed by atoms with Crippen molar-refractivity contribution in [1.82, 2.24) is 4.90 Å². The molecule has 2 nitrogen and oxygen atoms in total. The van der Waals surface area contributed by atoms with Crippen LogP contribution in [0.3, 0.4) is 0 Å². The monoisotopic (exact) mass is 260 g/mol. The summed E-state index contributed by atoms with van der Waals surface area (Å²) in [6.07, 6.45) is 5.08. The van der Waals surface area contributed by atoms with Gasteiger partial charge in [-0.05, 0) is 50.8 Å². The second-order valence-electron chi connectivity index (χ2n) is 5.94. The largest absolute Gasteiger partial charge is 0.323 e. The van der Waals surface area contributed by atoms with Gasteiger partial charge < -0.3 is 5.73 Å². The molecule has 2 heteroatoms. The summed E-state index contributed by atoms with van der Waals surface area (Å²) < 4.78 is 0. The lowest BCUT2D eigenvalue weighted by atomic mass is 9.94. The summed E-state index contributed by atoms with van der Waals surface area (Å²) in [5.74, 6) is 0. The van der Waals surface area contributed by atoms with E-state index < -0.39 is 0 Å². The van der Waals surface area contributed by atoms with Gasteiger partial charge in [-0.1, -0.05) is 37.6 Å². The average Bonchev–Trinajstić information content (AvgIpc) is 2.46. The Morgan fingerprint density at radius 1 is 1.26 bits per heavy atom. The number of benzene rings is 1. The van der Waals surface area contributed by atoms with E-state index in [0.717, 1.165) is 6.42 Å². The summed E-state index contributed by atoms with van der Waals surface area (Å²) in [6.45, 7) is 8.00. The van der Waals surface area contributed by atoms with E-state index in [4.69, 9.17) is 5.73 Å². The van der Waals surface area contributed by atoms with Crippen LogP contribution in [0, 0.1) is 0 Å². The van der Waals surface area contributed by atoms with Crippen molar-refractivity contribution >= 4 is 0 Å². The molecule has 19 heavy (non-hydrogen) atoms. The van der Waals surface area contributed by atoms with Crippen LogP contribution in [0.5, 0.6) is 0 Å². The van der Waals surface area contributed by atoms with Crippen LogP contribution < -0.4 is 5.73 Å². The third-order valence-corrected chi connectivity index (χ3v) is 4.67. The average molecular weight is 260 g/mol. The predicted molar refractivity (Wildman–Crippen MR) is 82.2 cm³/mol. The van der Waals surface area contributed by atoms with Crippen molar-refractivity contribution in [3.05, 3.63) is 35.4 Å². The van der Waals surface area contributed by atoms with Crippen molar-refractivity contribution in [2.45, 2.75) is 64.6 Å². The van der Waals surface area contributed by atoms with E-state index in [1.54, 1.807) is 0 Å². The number of nitrogens with zero attached hydrogens (tertiary/aromatic N) is 1. The quantitative estimate of drug-likeness (QED) is 0.897. The van der Waals surface area contributed by atoms with Gasteiger partial charge in [0.15, 0.2) is 0 Å². The molecule has 0 amide bonds. The lowest BCUT2D eigenvalue weighted by molar-refractivity contribution is 0.0991. The summed E-state index contributed by atoms with van der Waals surface area (Å²) >= 11 is 0. The van der Waals surface area contributed by atoms with Gasteiger partial charge in [0.25, 0.3) is 0 Å². The second-order valence-corrected chi connectivity index (χ2v) is 5.94. The fourth-order valence-corrected chi connectivity index (χ4v) is 3.19. The molecule has 1 heterocycles. The van der Waals surface area contributed by atoms with Gasteiger partial charge in [-0.2, -0.15) is 0 Å². The number of hydrogen-bond donors (Lipinski definition) is 1. The van der Waals surface area contributed by atoms with E-state index in [-0.39, 0.29) is 6.04 Å². The number of likely N-dealkylation sites (tertiary alicyclic amines) is 1. The lowest BCUT2D eigenvalue weighted by Gasteiger charge is -2.40. The number of rotatable bonds is 4. The van der Waals surface area contributed by atoms with Gasteiger partial charge in [-0.3, -0.25) is 4.90 Å². The molecule has 3 atom stereocenters. The molecule has 1 fully saturated rings. The van der Waals surface area contributed by atoms with E-state index >= 15 is 0 Å². The molecular formula is C17H28N2. The molecule has 2 rings (SSSR count). The molecule has 1 saturated heterocycles. The fourth-order valence-electron chi connectivity index (χ4n) is 3.19. The van der Waals surface area contributed by atoms with E-state index in [2.05, 4.69) is 49.9 Å². The zero-order chi connectivity index (χ0) is 13.8. The SMILES string of the molecule is CCc1ccc(C(N)C(C)N2CCCCC2C)cc1. The molecule has 0 aliphatic carbocycles. The first-order chi connectivity index (χ1) is 9.13. The minimum Gasteiger partial charge on any atom is -0.323 e. The highest BCUT2D eigenvalue weighted by Gasteiger charge is 2.27. The first kappa shape index (κ1) is 14.5. The van der Waals surface area contributed by atoms with Crippen LogP contribution in [0.2, 0.25) is 0 Å². The highest BCUT2D eigenvalue weighted by atomic mass is 15.2. The first-order valence-electron chi connectivity index (χ1n) is 7.73. The minimum absolute atomic E-state index is 0.117. The van der Waals surface area contributed by atoms with Gasteiger partial charge >= 0.3 is 0 Å². The van der Waals surface area contributed by atoms with Gasteiger partial charge in [-0.25, -0.2) is 0 Å². The molecular weight excluding hydrogens is 232 g/mol. The van der Waals surface area contributed by atoms with Crippen molar-refractivity contribution in [2.75, 3.05) is 6.54 Å². The normalized spacial score (nSPS) is 24.1. The summed E-state index contributed by atoms with van der Waals surface area (Å²) in [6, 6.07) is 10.0. The number of piperidine rings is 1. The van der Waals surface area contributed by atoms with Crippen molar-refractivity contribution in [2.24, 2.45) is 5.73 Å². The number of nitrogens with two attached hydrogens (primary N) is 1. The minimum atomic E-state index is 0.117. The van der Waals surface area contributed by atoms with Crippen LogP contribution >= 0.6 is 0 Å². The molecule has 2 N–H and O–H groups in total. The number of aryl methyl sites for hydroxylation is 1. The molecule has 106 valence electrons. The van der Waals surface area contributed by atoms with Crippen LogP contribution in [-0.4, -0.2) is 23.5 Å². The van der Waals surface area contributed by atoms with Gasteiger partial charge in [-0.15, -0.1) is 0 Å². The van der Waals surface area contributed by atoms with Gasteiger partial charge in [0.05, 0.1) is 0 Å². The van der Waals surface area contributed by atoms with Crippen LogP contribution in [0.25, 0.3) is 0 Å². The smallest absolute Gasteiger partial charge is 0.0450 e. The Labute approximate surface area is 118 Å². The molecule has 1 aliphatic rings. The molecule has 1 aromatic rings. The Hall–Kier alpha value is -0.860. The zero-order valence-electron chi connectivity index (χ0n) is 12.6. The Balaban J connectivity index is 2.06. The highest BCUT2D eigenvalue weighted by molar-refractivity contribution is 5.25. The molecule has 1 aromatic carbocycles. The summed E-state index contributed by atoms with van der Waals surface area (Å²) in [5, 5.41) is 0. The Bertz CT molecular complexity index is 385. The highest BCUT2D eigenvalue weighted by Crippen LogP contribution is 2.25. The maximum atomic E-state index is 6.48.